The van der Waals surface area contributed by atoms with Crippen LogP contribution in [0.4, 0.5) is 0 Å². The lowest BCUT2D eigenvalue weighted by atomic mass is 10.1. The molecular weight excluding hydrogens is 318 g/mol. The number of benzene rings is 1. The van der Waals surface area contributed by atoms with Gasteiger partial charge in [-0.15, -0.1) is 0 Å². The number of hydrogen-bond acceptors (Lipinski definition) is 3. The van der Waals surface area contributed by atoms with Gasteiger partial charge >= 0.3 is 0 Å². The molecule has 0 spiro atoms. The van der Waals surface area contributed by atoms with Gasteiger partial charge in [-0.05, 0) is 37.0 Å². The van der Waals surface area contributed by atoms with Crippen molar-refractivity contribution in [1.29, 1.82) is 0 Å². The lowest BCUT2D eigenvalue weighted by molar-refractivity contribution is 0.263. The van der Waals surface area contributed by atoms with E-state index in [2.05, 4.69) is 20.7 Å². The van der Waals surface area contributed by atoms with Crippen LogP contribution in [0.2, 0.25) is 0 Å². The van der Waals surface area contributed by atoms with Crippen molar-refractivity contribution in [3.8, 4) is 0 Å². The van der Waals surface area contributed by atoms with Gasteiger partial charge in [0.05, 0.1) is 4.90 Å². The fourth-order valence-corrected chi connectivity index (χ4v) is 3.46. The molecule has 1 aromatic carbocycles. The summed E-state index contributed by atoms with van der Waals surface area (Å²) in [6.45, 7) is 4.05. The van der Waals surface area contributed by atoms with Gasteiger partial charge in [-0.1, -0.05) is 28.9 Å². The van der Waals surface area contributed by atoms with Crippen LogP contribution in [0.15, 0.2) is 27.6 Å². The molecule has 102 valence electrons. The first-order valence-electron chi connectivity index (χ1n) is 5.74. The molecule has 0 saturated carbocycles. The summed E-state index contributed by atoms with van der Waals surface area (Å²) in [7, 11) is -3.49. The average Bonchev–Trinajstić information content (AvgIpc) is 2.30. The zero-order chi connectivity index (χ0) is 13.8. The van der Waals surface area contributed by atoms with E-state index in [-0.39, 0.29) is 17.4 Å². The Morgan fingerprint density at radius 3 is 2.72 bits per heavy atom. The van der Waals surface area contributed by atoms with Crippen LogP contribution in [0.5, 0.6) is 0 Å². The Bertz CT molecular complexity index is 502. The van der Waals surface area contributed by atoms with E-state index in [1.54, 1.807) is 19.1 Å². The van der Waals surface area contributed by atoms with E-state index in [0.29, 0.717) is 18.5 Å². The molecule has 6 heteroatoms. The van der Waals surface area contributed by atoms with Crippen LogP contribution in [0, 0.1) is 12.8 Å². The molecule has 0 amide bonds. The summed E-state index contributed by atoms with van der Waals surface area (Å²) in [6.07, 6.45) is 0.583. The van der Waals surface area contributed by atoms with Crippen molar-refractivity contribution in [2.45, 2.75) is 25.2 Å². The van der Waals surface area contributed by atoms with Gasteiger partial charge in [0.2, 0.25) is 10.0 Å². The lowest BCUT2D eigenvalue weighted by Gasteiger charge is -2.13. The number of hydrogen-bond donors (Lipinski definition) is 2. The number of nitrogens with one attached hydrogen (secondary N) is 1. The standard InChI is InChI=1S/C12H18BrNO3S/c1-9(6-7-15)8-14-18(16,17)12-5-3-4-11(13)10(12)2/h3-5,9,14-15H,6-8H2,1-2H3. The molecule has 1 rings (SSSR count). The molecule has 0 aromatic heterocycles. The minimum absolute atomic E-state index is 0.0683. The molecule has 0 fully saturated rings. The van der Waals surface area contributed by atoms with Crippen molar-refractivity contribution < 1.29 is 13.5 Å². The van der Waals surface area contributed by atoms with Crippen molar-refractivity contribution >= 4 is 26.0 Å². The molecule has 4 nitrogen and oxygen atoms in total. The van der Waals surface area contributed by atoms with E-state index in [0.717, 1.165) is 4.47 Å². The highest BCUT2D eigenvalue weighted by Gasteiger charge is 2.18. The first-order valence-corrected chi connectivity index (χ1v) is 8.01. The molecule has 0 aliphatic heterocycles. The molecule has 0 saturated heterocycles. The third-order valence-corrected chi connectivity index (χ3v) is 5.18. The van der Waals surface area contributed by atoms with E-state index < -0.39 is 10.0 Å². The summed E-state index contributed by atoms with van der Waals surface area (Å²) in [6, 6.07) is 5.09. The monoisotopic (exact) mass is 335 g/mol. The van der Waals surface area contributed by atoms with E-state index in [1.807, 2.05) is 13.0 Å². The molecular formula is C12H18BrNO3S. The van der Waals surface area contributed by atoms with Crippen molar-refractivity contribution in [2.24, 2.45) is 5.92 Å². The van der Waals surface area contributed by atoms with Gasteiger partial charge in [0.25, 0.3) is 0 Å². The van der Waals surface area contributed by atoms with Crippen molar-refractivity contribution in [1.82, 2.24) is 4.72 Å². The third kappa shape index (κ3) is 4.05. The fraction of sp³-hybridized carbons (Fsp3) is 0.500. The maximum absolute atomic E-state index is 12.1. The van der Waals surface area contributed by atoms with E-state index in [1.165, 1.54) is 0 Å². The van der Waals surface area contributed by atoms with E-state index >= 15 is 0 Å². The van der Waals surface area contributed by atoms with Crippen LogP contribution in [0.3, 0.4) is 0 Å². The second-order valence-electron chi connectivity index (χ2n) is 4.33. The summed E-state index contributed by atoms with van der Waals surface area (Å²) >= 11 is 3.32. The molecule has 1 unspecified atom stereocenters. The topological polar surface area (TPSA) is 66.4 Å². The molecule has 0 radical (unpaired) electrons. The summed E-state index contributed by atoms with van der Waals surface area (Å²) < 4.78 is 27.6. The highest BCUT2D eigenvalue weighted by Crippen LogP contribution is 2.23. The van der Waals surface area contributed by atoms with Crippen LogP contribution >= 0.6 is 15.9 Å². The van der Waals surface area contributed by atoms with Crippen molar-refractivity contribution in [3.05, 3.63) is 28.2 Å². The zero-order valence-corrected chi connectivity index (χ0v) is 12.9. The van der Waals surface area contributed by atoms with Gasteiger partial charge < -0.3 is 5.11 Å². The highest BCUT2D eigenvalue weighted by molar-refractivity contribution is 9.10. The predicted molar refractivity (Wildman–Crippen MR) is 74.9 cm³/mol. The Morgan fingerprint density at radius 2 is 2.11 bits per heavy atom. The molecule has 0 bridgehead atoms. The van der Waals surface area contributed by atoms with E-state index in [9.17, 15) is 8.42 Å². The summed E-state index contributed by atoms with van der Waals surface area (Å²) in [4.78, 5) is 0.285. The Labute approximate surface area is 117 Å². The minimum atomic E-state index is -3.49. The first kappa shape index (κ1) is 15.6. The zero-order valence-electron chi connectivity index (χ0n) is 10.5. The number of aliphatic hydroxyl groups excluding tert-OH is 1. The van der Waals surface area contributed by atoms with Gasteiger partial charge in [0.15, 0.2) is 0 Å². The Hall–Kier alpha value is -0.430. The van der Waals surface area contributed by atoms with Crippen LogP contribution in [-0.2, 0) is 10.0 Å². The molecule has 0 heterocycles. The number of aliphatic hydroxyl groups is 1. The largest absolute Gasteiger partial charge is 0.396 e. The van der Waals surface area contributed by atoms with Gasteiger partial charge in [0.1, 0.15) is 0 Å². The van der Waals surface area contributed by atoms with Crippen LogP contribution in [0.25, 0.3) is 0 Å². The minimum Gasteiger partial charge on any atom is -0.396 e. The van der Waals surface area contributed by atoms with Crippen LogP contribution in [-0.4, -0.2) is 26.7 Å². The summed E-state index contributed by atoms with van der Waals surface area (Å²) in [5.41, 5.74) is 0.694. The maximum Gasteiger partial charge on any atom is 0.240 e. The lowest BCUT2D eigenvalue weighted by Crippen LogP contribution is -2.29. The fourth-order valence-electron chi connectivity index (χ4n) is 1.53. The maximum atomic E-state index is 12.1. The molecule has 1 aromatic rings. The van der Waals surface area contributed by atoms with Crippen LogP contribution < -0.4 is 4.72 Å². The van der Waals surface area contributed by atoms with Crippen molar-refractivity contribution in [2.75, 3.05) is 13.2 Å². The Morgan fingerprint density at radius 1 is 1.44 bits per heavy atom. The van der Waals surface area contributed by atoms with Gasteiger partial charge in [-0.3, -0.25) is 0 Å². The highest BCUT2D eigenvalue weighted by atomic mass is 79.9. The molecule has 1 atom stereocenters. The van der Waals surface area contributed by atoms with Gasteiger partial charge in [-0.2, -0.15) is 0 Å². The number of halogens is 1. The number of sulfonamides is 1. The Balaban J connectivity index is 2.84. The average molecular weight is 336 g/mol. The summed E-state index contributed by atoms with van der Waals surface area (Å²) in [5.74, 6) is 0.109. The molecule has 2 N–H and O–H groups in total. The van der Waals surface area contributed by atoms with Crippen molar-refractivity contribution in [3.63, 3.8) is 0 Å². The second kappa shape index (κ2) is 6.65. The SMILES string of the molecule is Cc1c(Br)cccc1S(=O)(=O)NCC(C)CCO. The third-order valence-electron chi connectivity index (χ3n) is 2.75. The second-order valence-corrected chi connectivity index (χ2v) is 6.92. The van der Waals surface area contributed by atoms with Gasteiger partial charge in [0, 0.05) is 17.6 Å². The Kier molecular flexibility index (Phi) is 5.78. The predicted octanol–water partition coefficient (Wildman–Crippen LogP) is 2.05. The smallest absolute Gasteiger partial charge is 0.240 e. The summed E-state index contributed by atoms with van der Waals surface area (Å²) in [5, 5.41) is 8.78. The normalized spacial score (nSPS) is 13.6. The molecule has 18 heavy (non-hydrogen) atoms. The van der Waals surface area contributed by atoms with Crippen LogP contribution in [0.1, 0.15) is 18.9 Å². The quantitative estimate of drug-likeness (QED) is 0.836. The first-order chi connectivity index (χ1) is 8.38. The van der Waals surface area contributed by atoms with Gasteiger partial charge in [-0.25, -0.2) is 13.1 Å². The van der Waals surface area contributed by atoms with E-state index in [4.69, 9.17) is 5.11 Å². The molecule has 0 aliphatic carbocycles. The number of rotatable bonds is 6. The molecule has 0 aliphatic rings.